The van der Waals surface area contributed by atoms with Crippen LogP contribution in [-0.4, -0.2) is 30.0 Å². The Morgan fingerprint density at radius 2 is 2.10 bits per heavy atom. The van der Waals surface area contributed by atoms with E-state index in [4.69, 9.17) is 25.7 Å². The maximum Gasteiger partial charge on any atom is 0.405 e. The number of carbonyl (C=O) groups excluding carboxylic acids is 1. The molecular weight excluding hydrogens is 264 g/mol. The predicted octanol–water partition coefficient (Wildman–Crippen LogP) is 0.946. The number of aliphatic hydroxyl groups excluding tert-OH is 1. The Hall–Kier alpha value is -2.15. The van der Waals surface area contributed by atoms with Gasteiger partial charge in [-0.3, -0.25) is 0 Å². The number of nitrogen functional groups attached to an aromatic ring is 1. The molecule has 7 heteroatoms. The maximum absolute atomic E-state index is 11.0. The first-order chi connectivity index (χ1) is 9.26. The fraction of sp³-hybridized carbons (Fsp3) is 0.462. The van der Waals surface area contributed by atoms with Gasteiger partial charge in [0.1, 0.15) is 23.2 Å². The zero-order valence-corrected chi connectivity index (χ0v) is 11.5. The van der Waals surface area contributed by atoms with Crippen LogP contribution in [-0.2, 0) is 4.74 Å². The van der Waals surface area contributed by atoms with Gasteiger partial charge in [0.25, 0.3) is 0 Å². The fourth-order valence-electron chi connectivity index (χ4n) is 2.21. The topological polar surface area (TPSA) is 117 Å². The van der Waals surface area contributed by atoms with E-state index in [1.54, 1.807) is 26.0 Å². The van der Waals surface area contributed by atoms with Gasteiger partial charge in [0.15, 0.2) is 6.10 Å². The number of benzene rings is 1. The van der Waals surface area contributed by atoms with Crippen LogP contribution in [0.5, 0.6) is 11.5 Å². The van der Waals surface area contributed by atoms with Crippen molar-refractivity contribution in [1.29, 1.82) is 0 Å². The molecule has 20 heavy (non-hydrogen) atoms. The molecule has 110 valence electrons. The minimum Gasteiger partial charge on any atom is -0.495 e. The van der Waals surface area contributed by atoms with Gasteiger partial charge in [-0.25, -0.2) is 4.79 Å². The van der Waals surface area contributed by atoms with Gasteiger partial charge < -0.3 is 30.8 Å². The van der Waals surface area contributed by atoms with E-state index in [0.29, 0.717) is 22.7 Å². The molecular formula is C13H18N2O5. The van der Waals surface area contributed by atoms with Gasteiger partial charge in [-0.1, -0.05) is 0 Å². The standard InChI is InChI=1S/C13H18N2O5/c1-13(2)11(16)10(19-12(15)17)6-4-9(18-3)7(14)5-8(6)20-13/h4-5,10-11,16H,14H2,1-3H3,(H2,15,17)/t10-,11+/m0/s1. The second kappa shape index (κ2) is 4.75. The molecule has 2 rings (SSSR count). The van der Waals surface area contributed by atoms with Crippen LogP contribution < -0.4 is 20.9 Å². The van der Waals surface area contributed by atoms with E-state index in [-0.39, 0.29) is 0 Å². The van der Waals surface area contributed by atoms with Crippen LogP contribution >= 0.6 is 0 Å². The van der Waals surface area contributed by atoms with Crippen molar-refractivity contribution < 1.29 is 24.1 Å². The molecule has 1 aliphatic rings. The summed E-state index contributed by atoms with van der Waals surface area (Å²) in [6, 6.07) is 3.13. The van der Waals surface area contributed by atoms with Crippen molar-refractivity contribution in [2.45, 2.75) is 31.7 Å². The molecule has 2 atom stereocenters. The van der Waals surface area contributed by atoms with Crippen molar-refractivity contribution in [3.05, 3.63) is 17.7 Å². The molecule has 0 aliphatic carbocycles. The largest absolute Gasteiger partial charge is 0.495 e. The summed E-state index contributed by atoms with van der Waals surface area (Å²) in [6.45, 7) is 3.36. The van der Waals surface area contributed by atoms with Crippen molar-refractivity contribution >= 4 is 11.8 Å². The van der Waals surface area contributed by atoms with Gasteiger partial charge in [0.05, 0.1) is 12.8 Å². The lowest BCUT2D eigenvalue weighted by molar-refractivity contribution is -0.112. The number of hydrogen-bond donors (Lipinski definition) is 3. The van der Waals surface area contributed by atoms with Crippen LogP contribution in [0.25, 0.3) is 0 Å². The lowest BCUT2D eigenvalue weighted by Crippen LogP contribution is -2.50. The summed E-state index contributed by atoms with van der Waals surface area (Å²) in [5.74, 6) is 0.821. The number of primary amides is 1. The van der Waals surface area contributed by atoms with E-state index in [1.807, 2.05) is 0 Å². The van der Waals surface area contributed by atoms with Gasteiger partial charge in [-0.05, 0) is 19.9 Å². The number of hydrogen-bond acceptors (Lipinski definition) is 6. The van der Waals surface area contributed by atoms with Crippen LogP contribution in [0.3, 0.4) is 0 Å². The molecule has 1 aromatic rings. The molecule has 0 fully saturated rings. The molecule has 0 bridgehead atoms. The maximum atomic E-state index is 11.0. The number of aliphatic hydroxyl groups is 1. The molecule has 0 aromatic heterocycles. The third-order valence-corrected chi connectivity index (χ3v) is 3.28. The Morgan fingerprint density at radius 3 is 2.65 bits per heavy atom. The Kier molecular flexibility index (Phi) is 3.39. The summed E-state index contributed by atoms with van der Waals surface area (Å²) in [7, 11) is 1.46. The third-order valence-electron chi connectivity index (χ3n) is 3.28. The summed E-state index contributed by atoms with van der Waals surface area (Å²) in [5.41, 5.74) is 10.8. The minimum absolute atomic E-state index is 0.385. The Morgan fingerprint density at radius 1 is 1.45 bits per heavy atom. The van der Waals surface area contributed by atoms with Crippen LogP contribution in [0, 0.1) is 0 Å². The summed E-state index contributed by atoms with van der Waals surface area (Å²) >= 11 is 0. The van der Waals surface area contributed by atoms with Gasteiger partial charge in [0.2, 0.25) is 0 Å². The first kappa shape index (κ1) is 14.3. The smallest absolute Gasteiger partial charge is 0.405 e. The third kappa shape index (κ3) is 2.32. The Bertz CT molecular complexity index is 544. The van der Waals surface area contributed by atoms with E-state index >= 15 is 0 Å². The number of ether oxygens (including phenoxy) is 3. The fourth-order valence-corrected chi connectivity index (χ4v) is 2.21. The van der Waals surface area contributed by atoms with Crippen molar-refractivity contribution in [1.82, 2.24) is 0 Å². The minimum atomic E-state index is -1.07. The van der Waals surface area contributed by atoms with Crippen molar-refractivity contribution in [2.24, 2.45) is 5.73 Å². The second-order valence-corrected chi connectivity index (χ2v) is 5.14. The number of carbonyl (C=O) groups is 1. The molecule has 1 heterocycles. The van der Waals surface area contributed by atoms with Gasteiger partial charge in [-0.15, -0.1) is 0 Å². The molecule has 0 radical (unpaired) electrons. The van der Waals surface area contributed by atoms with Gasteiger partial charge >= 0.3 is 6.09 Å². The number of methoxy groups -OCH3 is 1. The Labute approximate surface area is 116 Å². The highest BCUT2D eigenvalue weighted by Crippen LogP contribution is 2.45. The predicted molar refractivity (Wildman–Crippen MR) is 71.5 cm³/mol. The summed E-state index contributed by atoms with van der Waals surface area (Å²) in [6.07, 6.45) is -3.00. The molecule has 0 saturated heterocycles. The van der Waals surface area contributed by atoms with E-state index < -0.39 is 23.9 Å². The lowest BCUT2D eigenvalue weighted by atomic mass is 9.88. The first-order valence-electron chi connectivity index (χ1n) is 6.07. The lowest BCUT2D eigenvalue weighted by Gasteiger charge is -2.41. The van der Waals surface area contributed by atoms with Crippen LogP contribution in [0.1, 0.15) is 25.5 Å². The van der Waals surface area contributed by atoms with E-state index in [0.717, 1.165) is 0 Å². The number of nitrogens with two attached hydrogens (primary N) is 2. The second-order valence-electron chi connectivity index (χ2n) is 5.14. The molecule has 7 nitrogen and oxygen atoms in total. The SMILES string of the molecule is COc1cc2c(cc1N)OC(C)(C)[C@H](O)[C@H]2OC(N)=O. The number of amides is 1. The molecule has 5 N–H and O–H groups in total. The van der Waals surface area contributed by atoms with Crippen molar-refractivity contribution in [2.75, 3.05) is 12.8 Å². The quantitative estimate of drug-likeness (QED) is 0.695. The molecule has 1 aromatic carbocycles. The first-order valence-corrected chi connectivity index (χ1v) is 6.07. The summed E-state index contributed by atoms with van der Waals surface area (Å²) in [5, 5.41) is 10.3. The van der Waals surface area contributed by atoms with Gasteiger partial charge in [0, 0.05) is 11.6 Å². The highest BCUT2D eigenvalue weighted by molar-refractivity contribution is 5.66. The van der Waals surface area contributed by atoms with Crippen LogP contribution in [0.4, 0.5) is 10.5 Å². The zero-order valence-electron chi connectivity index (χ0n) is 11.5. The van der Waals surface area contributed by atoms with Crippen molar-refractivity contribution in [3.63, 3.8) is 0 Å². The number of fused-ring (bicyclic) bond motifs is 1. The molecule has 1 aliphatic heterocycles. The highest BCUT2D eigenvalue weighted by Gasteiger charge is 2.45. The van der Waals surface area contributed by atoms with Crippen molar-refractivity contribution in [3.8, 4) is 11.5 Å². The Balaban J connectivity index is 2.55. The summed E-state index contributed by atoms with van der Waals surface area (Å²) in [4.78, 5) is 11.0. The van der Waals surface area contributed by atoms with E-state index in [2.05, 4.69) is 0 Å². The van der Waals surface area contributed by atoms with Crippen LogP contribution in [0.15, 0.2) is 12.1 Å². The molecule has 0 spiro atoms. The molecule has 0 unspecified atom stereocenters. The van der Waals surface area contributed by atoms with Gasteiger partial charge in [-0.2, -0.15) is 0 Å². The molecule has 1 amide bonds. The number of rotatable bonds is 2. The number of anilines is 1. The average Bonchev–Trinajstić information content (AvgIpc) is 2.34. The van der Waals surface area contributed by atoms with E-state index in [1.165, 1.54) is 7.11 Å². The monoisotopic (exact) mass is 282 g/mol. The van der Waals surface area contributed by atoms with E-state index in [9.17, 15) is 9.90 Å². The average molecular weight is 282 g/mol. The highest BCUT2D eigenvalue weighted by atomic mass is 16.6. The zero-order chi connectivity index (χ0) is 15.1. The normalized spacial score (nSPS) is 23.4. The molecule has 0 saturated carbocycles. The van der Waals surface area contributed by atoms with Crippen LogP contribution in [0.2, 0.25) is 0 Å². The summed E-state index contributed by atoms with van der Waals surface area (Å²) < 4.78 is 15.8.